The smallest absolute Gasteiger partial charge is 0.227 e. The van der Waals surface area contributed by atoms with Crippen LogP contribution in [0.3, 0.4) is 0 Å². The van der Waals surface area contributed by atoms with Crippen molar-refractivity contribution in [2.24, 2.45) is 5.92 Å². The van der Waals surface area contributed by atoms with E-state index in [1.165, 1.54) is 6.07 Å². The van der Waals surface area contributed by atoms with Crippen LogP contribution in [-0.2, 0) is 11.3 Å². The number of ether oxygens (including phenoxy) is 1. The van der Waals surface area contributed by atoms with Gasteiger partial charge in [0.15, 0.2) is 11.6 Å². The average molecular weight is 360 g/mol. The molecule has 1 aliphatic rings. The molecule has 1 saturated heterocycles. The Morgan fingerprint density at radius 1 is 1.15 bits per heavy atom. The van der Waals surface area contributed by atoms with Crippen LogP contribution in [0.15, 0.2) is 42.5 Å². The number of nitrogens with one attached hydrogen (secondary N) is 1. The van der Waals surface area contributed by atoms with Crippen molar-refractivity contribution in [3.63, 3.8) is 0 Å². The van der Waals surface area contributed by atoms with Crippen LogP contribution in [0.25, 0.3) is 0 Å². The third-order valence-corrected chi connectivity index (χ3v) is 4.75. The lowest BCUT2D eigenvalue weighted by Gasteiger charge is -2.31. The minimum absolute atomic E-state index is 0.0360. The fraction of sp³-hybridized carbons (Fsp3) is 0.350. The zero-order valence-electron chi connectivity index (χ0n) is 14.7. The zero-order valence-corrected chi connectivity index (χ0v) is 14.7. The minimum Gasteiger partial charge on any atom is -0.495 e. The summed E-state index contributed by atoms with van der Waals surface area (Å²) in [5, 5.41) is 2.92. The quantitative estimate of drug-likeness (QED) is 0.881. The molecular formula is C20H22F2N2O2. The van der Waals surface area contributed by atoms with Crippen LogP contribution in [-0.4, -0.2) is 31.0 Å². The molecule has 1 fully saturated rings. The summed E-state index contributed by atoms with van der Waals surface area (Å²) in [5.74, 6) is -1.13. The molecule has 0 radical (unpaired) electrons. The monoisotopic (exact) mass is 360 g/mol. The number of benzene rings is 2. The summed E-state index contributed by atoms with van der Waals surface area (Å²) < 4.78 is 32.4. The first kappa shape index (κ1) is 18.3. The van der Waals surface area contributed by atoms with Gasteiger partial charge < -0.3 is 10.1 Å². The zero-order chi connectivity index (χ0) is 18.5. The number of rotatable bonds is 5. The van der Waals surface area contributed by atoms with Crippen LogP contribution < -0.4 is 10.1 Å². The number of halogens is 2. The third kappa shape index (κ3) is 4.19. The highest BCUT2D eigenvalue weighted by atomic mass is 19.2. The number of hydrogen-bond donors (Lipinski definition) is 1. The number of anilines is 1. The normalized spacial score (nSPS) is 15.7. The van der Waals surface area contributed by atoms with Crippen molar-refractivity contribution in [1.29, 1.82) is 0 Å². The first-order valence-electron chi connectivity index (χ1n) is 8.67. The van der Waals surface area contributed by atoms with Crippen molar-refractivity contribution in [3.8, 4) is 5.75 Å². The molecule has 4 nitrogen and oxygen atoms in total. The van der Waals surface area contributed by atoms with E-state index in [4.69, 9.17) is 4.74 Å². The van der Waals surface area contributed by atoms with Gasteiger partial charge in [0.2, 0.25) is 5.91 Å². The highest BCUT2D eigenvalue weighted by Gasteiger charge is 2.26. The van der Waals surface area contributed by atoms with Crippen molar-refractivity contribution in [2.45, 2.75) is 19.4 Å². The fourth-order valence-corrected chi connectivity index (χ4v) is 3.25. The van der Waals surface area contributed by atoms with Gasteiger partial charge in [-0.1, -0.05) is 24.3 Å². The summed E-state index contributed by atoms with van der Waals surface area (Å²) in [6, 6.07) is 11.5. The molecule has 1 aliphatic heterocycles. The molecule has 0 spiro atoms. The number of hydrogen-bond acceptors (Lipinski definition) is 3. The van der Waals surface area contributed by atoms with E-state index in [2.05, 4.69) is 5.32 Å². The summed E-state index contributed by atoms with van der Waals surface area (Å²) >= 11 is 0. The fourth-order valence-electron chi connectivity index (χ4n) is 3.25. The summed E-state index contributed by atoms with van der Waals surface area (Å²) in [6.45, 7) is 1.68. The Balaban J connectivity index is 1.55. The number of carbonyl (C=O) groups excluding carboxylic acids is 1. The van der Waals surface area contributed by atoms with Gasteiger partial charge >= 0.3 is 0 Å². The van der Waals surface area contributed by atoms with Gasteiger partial charge in [0.1, 0.15) is 5.75 Å². The molecule has 3 rings (SSSR count). The van der Waals surface area contributed by atoms with Gasteiger partial charge in [0.25, 0.3) is 0 Å². The molecule has 2 aromatic rings. The maximum absolute atomic E-state index is 13.8. The van der Waals surface area contributed by atoms with E-state index in [1.807, 2.05) is 17.0 Å². The number of likely N-dealkylation sites (tertiary alicyclic amines) is 1. The molecule has 0 bridgehead atoms. The van der Waals surface area contributed by atoms with Crippen molar-refractivity contribution in [3.05, 3.63) is 59.7 Å². The van der Waals surface area contributed by atoms with E-state index < -0.39 is 11.6 Å². The van der Waals surface area contributed by atoms with E-state index in [-0.39, 0.29) is 11.8 Å². The highest BCUT2D eigenvalue weighted by Crippen LogP contribution is 2.26. The first-order valence-corrected chi connectivity index (χ1v) is 8.67. The van der Waals surface area contributed by atoms with Crippen molar-refractivity contribution >= 4 is 11.6 Å². The first-order chi connectivity index (χ1) is 12.6. The molecular weight excluding hydrogens is 338 g/mol. The van der Waals surface area contributed by atoms with Gasteiger partial charge in [0.05, 0.1) is 12.8 Å². The number of methoxy groups -OCH3 is 1. The van der Waals surface area contributed by atoms with Gasteiger partial charge in [0, 0.05) is 18.0 Å². The molecule has 2 aromatic carbocycles. The van der Waals surface area contributed by atoms with Crippen molar-refractivity contribution in [2.75, 3.05) is 25.5 Å². The molecule has 6 heteroatoms. The topological polar surface area (TPSA) is 41.6 Å². The standard InChI is InChI=1S/C20H22F2N2O2/c1-26-18-8-3-2-7-17(18)23-20(25)14-9-11-24(12-10-14)13-15-5-4-6-16(21)19(15)22/h2-8,14H,9-13H2,1H3,(H,23,25). The third-order valence-electron chi connectivity index (χ3n) is 4.75. The lowest BCUT2D eigenvalue weighted by Crippen LogP contribution is -2.38. The second kappa shape index (κ2) is 8.27. The highest BCUT2D eigenvalue weighted by molar-refractivity contribution is 5.94. The number of carbonyl (C=O) groups is 1. The Morgan fingerprint density at radius 2 is 1.88 bits per heavy atom. The molecule has 1 heterocycles. The predicted octanol–water partition coefficient (Wildman–Crippen LogP) is 3.82. The molecule has 0 saturated carbocycles. The van der Waals surface area contributed by atoms with E-state index in [0.717, 1.165) is 6.07 Å². The van der Waals surface area contributed by atoms with Gasteiger partial charge in [-0.2, -0.15) is 0 Å². The minimum atomic E-state index is -0.825. The average Bonchev–Trinajstić information content (AvgIpc) is 2.66. The SMILES string of the molecule is COc1ccccc1NC(=O)C1CCN(Cc2cccc(F)c2F)CC1. The van der Waals surface area contributed by atoms with Crippen LogP contribution in [0.2, 0.25) is 0 Å². The second-order valence-electron chi connectivity index (χ2n) is 6.45. The van der Waals surface area contributed by atoms with Crippen LogP contribution >= 0.6 is 0 Å². The van der Waals surface area contributed by atoms with E-state index in [9.17, 15) is 13.6 Å². The number of nitrogens with zero attached hydrogens (tertiary/aromatic N) is 1. The van der Waals surface area contributed by atoms with Crippen molar-refractivity contribution < 1.29 is 18.3 Å². The van der Waals surface area contributed by atoms with Gasteiger partial charge in [-0.25, -0.2) is 8.78 Å². The lowest BCUT2D eigenvalue weighted by molar-refractivity contribution is -0.121. The Bertz CT molecular complexity index is 774. The van der Waals surface area contributed by atoms with Gasteiger partial charge in [-0.15, -0.1) is 0 Å². The Kier molecular flexibility index (Phi) is 5.83. The van der Waals surface area contributed by atoms with Crippen LogP contribution in [0.5, 0.6) is 5.75 Å². The van der Waals surface area contributed by atoms with Crippen molar-refractivity contribution in [1.82, 2.24) is 4.90 Å². The molecule has 0 atom stereocenters. The van der Waals surface area contributed by atoms with E-state index in [1.54, 1.807) is 25.3 Å². The predicted molar refractivity (Wildman–Crippen MR) is 96.0 cm³/mol. The summed E-state index contributed by atoms with van der Waals surface area (Å²) in [4.78, 5) is 14.6. The number of para-hydroxylation sites is 2. The molecule has 1 N–H and O–H groups in total. The van der Waals surface area contributed by atoms with Crippen LogP contribution in [0.1, 0.15) is 18.4 Å². The molecule has 0 aliphatic carbocycles. The maximum atomic E-state index is 13.8. The lowest BCUT2D eigenvalue weighted by atomic mass is 9.95. The molecule has 138 valence electrons. The summed E-state index contributed by atoms with van der Waals surface area (Å²) in [6.07, 6.45) is 1.36. The van der Waals surface area contributed by atoms with E-state index >= 15 is 0 Å². The largest absolute Gasteiger partial charge is 0.495 e. The molecule has 26 heavy (non-hydrogen) atoms. The molecule has 1 amide bonds. The molecule has 0 unspecified atom stereocenters. The Hall–Kier alpha value is -2.47. The molecule has 0 aromatic heterocycles. The van der Waals surface area contributed by atoms with Crippen LogP contribution in [0.4, 0.5) is 14.5 Å². The van der Waals surface area contributed by atoms with E-state index in [0.29, 0.717) is 49.5 Å². The summed E-state index contributed by atoms with van der Waals surface area (Å²) in [7, 11) is 1.56. The summed E-state index contributed by atoms with van der Waals surface area (Å²) in [5.41, 5.74) is 1.01. The Labute approximate surface area is 151 Å². The van der Waals surface area contributed by atoms with Gasteiger partial charge in [-0.3, -0.25) is 9.69 Å². The number of amides is 1. The Morgan fingerprint density at radius 3 is 2.62 bits per heavy atom. The number of piperidine rings is 1. The second-order valence-corrected chi connectivity index (χ2v) is 6.45. The van der Waals surface area contributed by atoms with Crippen LogP contribution in [0, 0.1) is 17.6 Å². The maximum Gasteiger partial charge on any atom is 0.227 e. The van der Waals surface area contributed by atoms with Gasteiger partial charge in [-0.05, 0) is 44.1 Å².